The first-order valence-electron chi connectivity index (χ1n) is 10.7. The molecule has 10 heteroatoms. The van der Waals surface area contributed by atoms with Crippen LogP contribution in [0.1, 0.15) is 13.3 Å². The van der Waals surface area contributed by atoms with Crippen molar-refractivity contribution in [3.63, 3.8) is 0 Å². The zero-order valence-electron chi connectivity index (χ0n) is 19.8. The van der Waals surface area contributed by atoms with Crippen LogP contribution in [0, 0.1) is 0 Å². The van der Waals surface area contributed by atoms with E-state index in [2.05, 4.69) is 5.32 Å². The molecule has 0 aliphatic rings. The number of sulfonamides is 1. The molecule has 1 atom stereocenters. The van der Waals surface area contributed by atoms with Gasteiger partial charge in [0.2, 0.25) is 10.0 Å². The molecule has 3 rings (SSSR count). The van der Waals surface area contributed by atoms with Crippen LogP contribution in [0.5, 0.6) is 23.0 Å². The fraction of sp³-hybridized carbons (Fsp3) is 0.240. The van der Waals surface area contributed by atoms with E-state index in [4.69, 9.17) is 25.8 Å². The molecular formula is C25H27ClN2O6S. The molecule has 1 amide bonds. The minimum atomic E-state index is -3.38. The summed E-state index contributed by atoms with van der Waals surface area (Å²) in [5.41, 5.74) is 0.856. The van der Waals surface area contributed by atoms with Gasteiger partial charge in [-0.15, -0.1) is 0 Å². The lowest BCUT2D eigenvalue weighted by molar-refractivity contribution is -0.122. The summed E-state index contributed by atoms with van der Waals surface area (Å²) in [4.78, 5) is 13.0. The topological polar surface area (TPSA) is 94.2 Å². The Labute approximate surface area is 210 Å². The quantitative estimate of drug-likeness (QED) is 0.389. The predicted molar refractivity (Wildman–Crippen MR) is 138 cm³/mol. The lowest BCUT2D eigenvalue weighted by Crippen LogP contribution is -2.32. The van der Waals surface area contributed by atoms with Crippen molar-refractivity contribution in [1.29, 1.82) is 0 Å². The number of carbonyl (C=O) groups is 1. The van der Waals surface area contributed by atoms with E-state index >= 15 is 0 Å². The monoisotopic (exact) mass is 518 g/mol. The van der Waals surface area contributed by atoms with Crippen molar-refractivity contribution in [1.82, 2.24) is 0 Å². The van der Waals surface area contributed by atoms with Crippen LogP contribution in [0.15, 0.2) is 66.7 Å². The van der Waals surface area contributed by atoms with E-state index in [1.165, 1.54) is 7.05 Å². The number of para-hydroxylation sites is 2. The number of carbonyl (C=O) groups excluding carboxylic acids is 1. The van der Waals surface area contributed by atoms with E-state index in [1.54, 1.807) is 61.7 Å². The van der Waals surface area contributed by atoms with Gasteiger partial charge in [-0.2, -0.15) is 0 Å². The molecule has 0 saturated heterocycles. The second kappa shape index (κ2) is 11.3. The zero-order chi connectivity index (χ0) is 25.6. The van der Waals surface area contributed by atoms with E-state index in [9.17, 15) is 13.2 Å². The maximum atomic E-state index is 13.0. The van der Waals surface area contributed by atoms with Crippen LogP contribution in [0.4, 0.5) is 11.4 Å². The Kier molecular flexibility index (Phi) is 8.48. The van der Waals surface area contributed by atoms with E-state index < -0.39 is 22.0 Å². The van der Waals surface area contributed by atoms with Gasteiger partial charge < -0.3 is 19.5 Å². The van der Waals surface area contributed by atoms with Crippen molar-refractivity contribution >= 4 is 38.9 Å². The molecule has 0 unspecified atom stereocenters. The Morgan fingerprint density at radius 1 is 1.03 bits per heavy atom. The third kappa shape index (κ3) is 6.80. The summed E-state index contributed by atoms with van der Waals surface area (Å²) in [5, 5.41) is 3.25. The molecule has 0 bridgehead atoms. The molecule has 0 saturated carbocycles. The summed E-state index contributed by atoms with van der Waals surface area (Å²) in [5.74, 6) is 1.44. The molecule has 0 heterocycles. The number of rotatable bonds is 10. The summed E-state index contributed by atoms with van der Waals surface area (Å²) in [6, 6.07) is 18.5. The Hall–Kier alpha value is -3.43. The van der Waals surface area contributed by atoms with Crippen molar-refractivity contribution in [3.8, 4) is 23.0 Å². The summed E-state index contributed by atoms with van der Waals surface area (Å²) in [6.07, 6.45) is 0.697. The summed E-state index contributed by atoms with van der Waals surface area (Å²) in [6.45, 7) is 1.82. The molecule has 1 N–H and O–H groups in total. The van der Waals surface area contributed by atoms with Gasteiger partial charge in [0.15, 0.2) is 23.4 Å². The van der Waals surface area contributed by atoms with Crippen LogP contribution in [-0.4, -0.2) is 40.8 Å². The fourth-order valence-electron chi connectivity index (χ4n) is 3.14. The molecule has 0 aliphatic carbocycles. The van der Waals surface area contributed by atoms with Crippen LogP contribution >= 0.6 is 11.6 Å². The van der Waals surface area contributed by atoms with Crippen LogP contribution in [0.3, 0.4) is 0 Å². The average Bonchev–Trinajstić information content (AvgIpc) is 2.83. The maximum Gasteiger partial charge on any atom is 0.265 e. The molecule has 0 aliphatic heterocycles. The number of nitrogens with zero attached hydrogens (tertiary/aromatic N) is 1. The number of amides is 1. The number of hydrogen-bond acceptors (Lipinski definition) is 6. The molecule has 0 fully saturated rings. The smallest absolute Gasteiger partial charge is 0.265 e. The Bertz CT molecular complexity index is 1280. The first kappa shape index (κ1) is 26.2. The molecule has 3 aromatic carbocycles. The molecule has 8 nitrogen and oxygen atoms in total. The van der Waals surface area contributed by atoms with E-state index in [0.717, 1.165) is 10.6 Å². The molecule has 0 radical (unpaired) electrons. The van der Waals surface area contributed by atoms with E-state index in [0.29, 0.717) is 45.8 Å². The van der Waals surface area contributed by atoms with E-state index in [1.807, 2.05) is 19.1 Å². The van der Waals surface area contributed by atoms with Crippen LogP contribution < -0.4 is 23.8 Å². The predicted octanol–water partition coefficient (Wildman–Crippen LogP) is 5.33. The summed E-state index contributed by atoms with van der Waals surface area (Å²) >= 11 is 6.17. The fourth-order valence-corrected chi connectivity index (χ4v) is 3.81. The van der Waals surface area contributed by atoms with Crippen LogP contribution in [0.25, 0.3) is 0 Å². The number of anilines is 2. The third-order valence-corrected chi connectivity index (χ3v) is 6.57. The molecule has 0 aromatic heterocycles. The minimum absolute atomic E-state index is 0.376. The highest BCUT2D eigenvalue weighted by Gasteiger charge is 2.21. The van der Waals surface area contributed by atoms with Gasteiger partial charge in [-0.25, -0.2) is 8.42 Å². The summed E-state index contributed by atoms with van der Waals surface area (Å²) in [7, 11) is -0.377. The first-order chi connectivity index (χ1) is 16.6. The maximum absolute atomic E-state index is 13.0. The normalized spacial score (nSPS) is 11.9. The van der Waals surface area contributed by atoms with Crippen LogP contribution in [-0.2, 0) is 14.8 Å². The lowest BCUT2D eigenvalue weighted by Gasteiger charge is -2.20. The number of nitrogens with one attached hydrogen (secondary N) is 1. The average molecular weight is 519 g/mol. The zero-order valence-corrected chi connectivity index (χ0v) is 21.4. The Morgan fingerprint density at radius 2 is 1.69 bits per heavy atom. The van der Waals surface area contributed by atoms with Crippen molar-refractivity contribution in [3.05, 3.63) is 71.8 Å². The van der Waals surface area contributed by atoms with Crippen molar-refractivity contribution in [2.45, 2.75) is 19.4 Å². The van der Waals surface area contributed by atoms with Gasteiger partial charge in [0.05, 0.1) is 24.7 Å². The van der Waals surface area contributed by atoms with Gasteiger partial charge in [0.1, 0.15) is 5.75 Å². The highest BCUT2D eigenvalue weighted by atomic mass is 35.5. The van der Waals surface area contributed by atoms with Crippen molar-refractivity contribution in [2.24, 2.45) is 0 Å². The van der Waals surface area contributed by atoms with E-state index in [-0.39, 0.29) is 0 Å². The minimum Gasteiger partial charge on any atom is -0.493 e. The SMILES string of the molecule is CC[C@H](Oc1ccc(N(C)S(C)(=O)=O)cc1)C(=O)Nc1cc(Cl)ccc1Oc1ccccc1OC. The molecule has 3 aromatic rings. The lowest BCUT2D eigenvalue weighted by atomic mass is 10.2. The van der Waals surface area contributed by atoms with Crippen LogP contribution in [0.2, 0.25) is 5.02 Å². The number of ether oxygens (including phenoxy) is 3. The second-order valence-corrected chi connectivity index (χ2v) is 10.1. The van der Waals surface area contributed by atoms with Crippen molar-refractivity contribution in [2.75, 3.05) is 30.0 Å². The second-order valence-electron chi connectivity index (χ2n) is 7.62. The molecular weight excluding hydrogens is 492 g/mol. The number of halogens is 1. The van der Waals surface area contributed by atoms with Gasteiger partial charge in [0, 0.05) is 12.1 Å². The number of hydrogen-bond donors (Lipinski definition) is 1. The standard InChI is InChI=1S/C25H27ClN2O6S/c1-5-21(33-19-13-11-18(12-14-19)28(2)35(4,30)31)25(29)27-20-16-17(26)10-15-22(20)34-24-9-7-6-8-23(24)32-3/h6-16,21H,5H2,1-4H3,(H,27,29)/t21-/m0/s1. The van der Waals surface area contributed by atoms with Crippen molar-refractivity contribution < 1.29 is 27.4 Å². The van der Waals surface area contributed by atoms with Gasteiger partial charge >= 0.3 is 0 Å². The van der Waals surface area contributed by atoms with Gasteiger partial charge in [0.25, 0.3) is 5.91 Å². The summed E-state index contributed by atoms with van der Waals surface area (Å²) < 4.78 is 41.8. The molecule has 0 spiro atoms. The number of benzene rings is 3. The van der Waals surface area contributed by atoms with Gasteiger partial charge in [-0.1, -0.05) is 30.7 Å². The van der Waals surface area contributed by atoms with Gasteiger partial charge in [-0.3, -0.25) is 9.10 Å². The molecule has 35 heavy (non-hydrogen) atoms. The first-order valence-corrected chi connectivity index (χ1v) is 13.0. The molecule has 186 valence electrons. The Balaban J connectivity index is 1.76. The Morgan fingerprint density at radius 3 is 2.29 bits per heavy atom. The van der Waals surface area contributed by atoms with Gasteiger partial charge in [-0.05, 0) is 61.0 Å². The highest BCUT2D eigenvalue weighted by molar-refractivity contribution is 7.92. The number of methoxy groups -OCH3 is 1. The third-order valence-electron chi connectivity index (χ3n) is 5.13. The largest absolute Gasteiger partial charge is 0.493 e. The highest BCUT2D eigenvalue weighted by Crippen LogP contribution is 2.36.